The van der Waals surface area contributed by atoms with E-state index in [0.717, 1.165) is 21.5 Å². The first-order chi connectivity index (χ1) is 10.1. The number of benzene rings is 2. The van der Waals surface area contributed by atoms with Gasteiger partial charge in [-0.25, -0.2) is 0 Å². The van der Waals surface area contributed by atoms with Gasteiger partial charge in [0, 0.05) is 22.3 Å². The van der Waals surface area contributed by atoms with E-state index in [1.54, 1.807) is 0 Å². The van der Waals surface area contributed by atoms with E-state index >= 15 is 0 Å². The van der Waals surface area contributed by atoms with E-state index in [1.807, 2.05) is 18.2 Å². The van der Waals surface area contributed by atoms with E-state index in [4.69, 9.17) is 11.2 Å². The summed E-state index contributed by atoms with van der Waals surface area (Å²) in [6, 6.07) is 12.3. The van der Waals surface area contributed by atoms with Gasteiger partial charge in [0.15, 0.2) is 0 Å². The Hall–Kier alpha value is -1.92. The van der Waals surface area contributed by atoms with Crippen LogP contribution in [0.25, 0.3) is 0 Å². The fourth-order valence-electron chi connectivity index (χ4n) is 2.00. The quantitative estimate of drug-likeness (QED) is 0.795. The molecule has 0 aromatic heterocycles. The second-order valence-electron chi connectivity index (χ2n) is 4.90. The lowest BCUT2D eigenvalue weighted by Crippen LogP contribution is -2.04. The van der Waals surface area contributed by atoms with Crippen molar-refractivity contribution >= 4 is 21.6 Å². The fourth-order valence-corrected chi connectivity index (χ4v) is 2.40. The lowest BCUT2D eigenvalue weighted by Gasteiger charge is -2.13. The summed E-state index contributed by atoms with van der Waals surface area (Å²) in [5, 5.41) is 3.42. The highest BCUT2D eigenvalue weighted by molar-refractivity contribution is 9.10. The highest BCUT2D eigenvalue weighted by Gasteiger charge is 2.05. The van der Waals surface area contributed by atoms with E-state index in [1.165, 1.54) is 11.1 Å². The number of rotatable bonds is 5. The maximum Gasteiger partial charge on any atom is 0.148 e. The van der Waals surface area contributed by atoms with Gasteiger partial charge in [0.2, 0.25) is 0 Å². The summed E-state index contributed by atoms with van der Waals surface area (Å²) in [5.74, 6) is 3.30. The Kier molecular flexibility index (Phi) is 5.30. The lowest BCUT2D eigenvalue weighted by molar-refractivity contribution is 0.366. The first-order valence-corrected chi connectivity index (χ1v) is 7.55. The molecule has 2 rings (SSSR count). The average Bonchev–Trinajstić information content (AvgIpc) is 2.47. The zero-order chi connectivity index (χ0) is 15.2. The molecule has 21 heavy (non-hydrogen) atoms. The van der Waals surface area contributed by atoms with E-state index in [0.29, 0.717) is 6.54 Å². The van der Waals surface area contributed by atoms with Gasteiger partial charge in [0.1, 0.15) is 12.4 Å². The van der Waals surface area contributed by atoms with Crippen LogP contribution in [-0.4, -0.2) is 6.61 Å². The minimum atomic E-state index is 0.276. The van der Waals surface area contributed by atoms with Crippen LogP contribution >= 0.6 is 15.9 Å². The molecule has 0 heterocycles. The number of hydrogen-bond donors (Lipinski definition) is 1. The van der Waals surface area contributed by atoms with Crippen molar-refractivity contribution in [2.75, 3.05) is 11.9 Å². The molecule has 0 atom stereocenters. The fraction of sp³-hybridized carbons (Fsp3) is 0.222. The Bertz CT molecular complexity index is 673. The van der Waals surface area contributed by atoms with Crippen molar-refractivity contribution in [2.24, 2.45) is 0 Å². The van der Waals surface area contributed by atoms with E-state index in [9.17, 15) is 0 Å². The molecule has 0 aliphatic rings. The van der Waals surface area contributed by atoms with Crippen LogP contribution in [0.2, 0.25) is 0 Å². The van der Waals surface area contributed by atoms with Gasteiger partial charge in [-0.1, -0.05) is 27.9 Å². The van der Waals surface area contributed by atoms with Crippen LogP contribution in [0.4, 0.5) is 5.69 Å². The molecular weight excluding hydrogens is 326 g/mol. The van der Waals surface area contributed by atoms with E-state index in [-0.39, 0.29) is 6.61 Å². The zero-order valence-electron chi connectivity index (χ0n) is 12.2. The molecule has 2 aromatic rings. The lowest BCUT2D eigenvalue weighted by atomic mass is 10.1. The van der Waals surface area contributed by atoms with Gasteiger partial charge in [-0.2, -0.15) is 0 Å². The molecule has 1 N–H and O–H groups in total. The van der Waals surface area contributed by atoms with Gasteiger partial charge >= 0.3 is 0 Å². The number of aryl methyl sites for hydroxylation is 2. The van der Waals surface area contributed by atoms with Crippen LogP contribution in [0.15, 0.2) is 40.9 Å². The van der Waals surface area contributed by atoms with Gasteiger partial charge in [0.05, 0.1) is 0 Å². The molecule has 0 radical (unpaired) electrons. The maximum atomic E-state index is 5.58. The van der Waals surface area contributed by atoms with Crippen LogP contribution < -0.4 is 10.1 Å². The molecule has 0 fully saturated rings. The van der Waals surface area contributed by atoms with Crippen LogP contribution in [0.1, 0.15) is 16.7 Å². The normalized spacial score (nSPS) is 10.0. The highest BCUT2D eigenvalue weighted by Crippen LogP contribution is 2.24. The van der Waals surface area contributed by atoms with Crippen molar-refractivity contribution in [1.82, 2.24) is 0 Å². The number of terminal acetylenes is 1. The minimum Gasteiger partial charge on any atom is -0.481 e. The second-order valence-corrected chi connectivity index (χ2v) is 5.81. The van der Waals surface area contributed by atoms with Crippen molar-refractivity contribution < 1.29 is 4.74 Å². The molecule has 0 amide bonds. The summed E-state index contributed by atoms with van der Waals surface area (Å²) in [6.07, 6.45) is 5.25. The Balaban J connectivity index is 2.13. The van der Waals surface area contributed by atoms with Gasteiger partial charge in [-0.15, -0.1) is 6.42 Å². The molecule has 0 aliphatic carbocycles. The van der Waals surface area contributed by atoms with Gasteiger partial charge < -0.3 is 10.1 Å². The molecule has 2 nitrogen and oxygen atoms in total. The van der Waals surface area contributed by atoms with Gasteiger partial charge in [-0.3, -0.25) is 0 Å². The van der Waals surface area contributed by atoms with Crippen molar-refractivity contribution in [3.63, 3.8) is 0 Å². The molecule has 3 heteroatoms. The van der Waals surface area contributed by atoms with Crippen molar-refractivity contribution in [2.45, 2.75) is 20.4 Å². The smallest absolute Gasteiger partial charge is 0.148 e. The summed E-state index contributed by atoms with van der Waals surface area (Å²) in [5.41, 5.74) is 4.73. The highest BCUT2D eigenvalue weighted by atomic mass is 79.9. The molecule has 0 saturated carbocycles. The second kappa shape index (κ2) is 7.19. The molecule has 2 aromatic carbocycles. The third-order valence-electron chi connectivity index (χ3n) is 3.32. The SMILES string of the molecule is C#CCOc1ccc(Br)cc1CNc1ccc(C)c(C)c1. The number of anilines is 1. The van der Waals surface area contributed by atoms with Crippen LogP contribution in [0, 0.1) is 26.2 Å². The summed E-state index contributed by atoms with van der Waals surface area (Å²) < 4.78 is 6.60. The Labute approximate surface area is 134 Å². The molecule has 0 bridgehead atoms. The topological polar surface area (TPSA) is 21.3 Å². The van der Waals surface area contributed by atoms with Crippen molar-refractivity contribution in [3.8, 4) is 18.1 Å². The largest absolute Gasteiger partial charge is 0.481 e. The molecule has 0 spiro atoms. The third-order valence-corrected chi connectivity index (χ3v) is 3.82. The third kappa shape index (κ3) is 4.27. The first kappa shape index (κ1) is 15.5. The first-order valence-electron chi connectivity index (χ1n) is 6.76. The number of ether oxygens (including phenoxy) is 1. The predicted molar refractivity (Wildman–Crippen MR) is 91.7 cm³/mol. The van der Waals surface area contributed by atoms with Crippen molar-refractivity contribution in [1.29, 1.82) is 0 Å². The Morgan fingerprint density at radius 1 is 1.14 bits per heavy atom. The van der Waals surface area contributed by atoms with Crippen molar-refractivity contribution in [3.05, 3.63) is 57.6 Å². The van der Waals surface area contributed by atoms with E-state index < -0.39 is 0 Å². The minimum absolute atomic E-state index is 0.276. The molecule has 0 aliphatic heterocycles. The predicted octanol–water partition coefficient (Wildman–Crippen LogP) is 4.69. The monoisotopic (exact) mass is 343 g/mol. The van der Waals surface area contributed by atoms with Crippen LogP contribution in [0.3, 0.4) is 0 Å². The number of nitrogens with one attached hydrogen (secondary N) is 1. The van der Waals surface area contributed by atoms with E-state index in [2.05, 4.69) is 59.2 Å². The molecular formula is C18H18BrNO. The summed E-state index contributed by atoms with van der Waals surface area (Å²) in [6.45, 7) is 5.18. The van der Waals surface area contributed by atoms with Gasteiger partial charge in [0.25, 0.3) is 0 Å². The molecule has 0 saturated heterocycles. The average molecular weight is 344 g/mol. The Morgan fingerprint density at radius 3 is 2.67 bits per heavy atom. The molecule has 108 valence electrons. The number of hydrogen-bond acceptors (Lipinski definition) is 2. The maximum absolute atomic E-state index is 5.58. The summed E-state index contributed by atoms with van der Waals surface area (Å²) >= 11 is 3.49. The van der Waals surface area contributed by atoms with Crippen LogP contribution in [0.5, 0.6) is 5.75 Å². The summed E-state index contributed by atoms with van der Waals surface area (Å²) in [7, 11) is 0. The zero-order valence-corrected chi connectivity index (χ0v) is 13.8. The number of halogens is 1. The Morgan fingerprint density at radius 2 is 1.95 bits per heavy atom. The standard InChI is InChI=1S/C18H18BrNO/c1-4-9-21-18-8-6-16(19)11-15(18)12-20-17-7-5-13(2)14(3)10-17/h1,5-8,10-11,20H,9,12H2,2-3H3. The van der Waals surface area contributed by atoms with Crippen LogP contribution in [-0.2, 0) is 6.54 Å². The molecule has 0 unspecified atom stereocenters. The summed E-state index contributed by atoms with van der Waals surface area (Å²) in [4.78, 5) is 0. The van der Waals surface area contributed by atoms with Gasteiger partial charge in [-0.05, 0) is 55.3 Å².